The summed E-state index contributed by atoms with van der Waals surface area (Å²) in [4.78, 5) is 24.8. The second-order valence-corrected chi connectivity index (χ2v) is 17.0. The molecule has 0 aromatic carbocycles. The summed E-state index contributed by atoms with van der Waals surface area (Å²) >= 11 is 0. The first-order valence-electron chi connectivity index (χ1n) is 22.1. The molecule has 0 rings (SSSR count). The summed E-state index contributed by atoms with van der Waals surface area (Å²) in [5.74, 6) is -0.400. The van der Waals surface area contributed by atoms with E-state index >= 15 is 0 Å². The van der Waals surface area contributed by atoms with Crippen LogP contribution in [-0.4, -0.2) is 75.3 Å². The highest BCUT2D eigenvalue weighted by atomic mass is 31.2. The molecule has 0 bridgehead atoms. The number of hydrogen-bond donors (Lipinski definition) is 1. The van der Waals surface area contributed by atoms with E-state index in [-0.39, 0.29) is 26.2 Å². The molecule has 0 spiro atoms. The van der Waals surface area contributed by atoms with Gasteiger partial charge < -0.3 is 33.0 Å². The van der Waals surface area contributed by atoms with Crippen molar-refractivity contribution in [3.63, 3.8) is 0 Å². The first kappa shape index (κ1) is 55.2. The van der Waals surface area contributed by atoms with Crippen LogP contribution in [0.2, 0.25) is 0 Å². The molecule has 3 atom stereocenters. The van der Waals surface area contributed by atoms with Gasteiger partial charge >= 0.3 is 5.97 Å². The number of aliphatic hydroxyl groups is 1. The minimum atomic E-state index is -4.55. The van der Waals surface area contributed by atoms with Crippen molar-refractivity contribution >= 4 is 13.8 Å². The van der Waals surface area contributed by atoms with E-state index in [1.165, 1.54) is 57.8 Å². The van der Waals surface area contributed by atoms with E-state index in [4.69, 9.17) is 18.5 Å². The van der Waals surface area contributed by atoms with Gasteiger partial charge in [-0.25, -0.2) is 0 Å². The van der Waals surface area contributed by atoms with Gasteiger partial charge in [-0.05, 0) is 83.1 Å². The smallest absolute Gasteiger partial charge is 0.306 e. The van der Waals surface area contributed by atoms with E-state index < -0.39 is 26.0 Å². The Morgan fingerprint density at radius 1 is 0.672 bits per heavy atom. The third-order valence-electron chi connectivity index (χ3n) is 8.80. The number of allylic oxidation sites excluding steroid dienone is 13. The van der Waals surface area contributed by atoms with Crippen molar-refractivity contribution in [3.05, 3.63) is 97.4 Å². The van der Waals surface area contributed by atoms with E-state index in [1.807, 2.05) is 63.7 Å². The van der Waals surface area contributed by atoms with Crippen molar-refractivity contribution < 1.29 is 42.4 Å². The second-order valence-electron chi connectivity index (χ2n) is 15.6. The molecule has 1 N–H and O–H groups in total. The van der Waals surface area contributed by atoms with Crippen LogP contribution in [0.1, 0.15) is 142 Å². The van der Waals surface area contributed by atoms with Gasteiger partial charge in [0.05, 0.1) is 40.1 Å². The number of nitrogens with zero attached hydrogens (tertiary/aromatic N) is 1. The molecule has 0 saturated carbocycles. The molecule has 10 heteroatoms. The van der Waals surface area contributed by atoms with Crippen LogP contribution in [0.25, 0.3) is 0 Å². The van der Waals surface area contributed by atoms with Crippen molar-refractivity contribution in [1.82, 2.24) is 0 Å². The molecule has 0 aliphatic heterocycles. The zero-order chi connectivity index (χ0) is 42.8. The maximum Gasteiger partial charge on any atom is 0.306 e. The van der Waals surface area contributed by atoms with Gasteiger partial charge in [0.2, 0.25) is 0 Å². The lowest BCUT2D eigenvalue weighted by Crippen LogP contribution is -2.37. The normalized spacial score (nSPS) is 15.2. The van der Waals surface area contributed by atoms with E-state index in [9.17, 15) is 19.4 Å². The van der Waals surface area contributed by atoms with Gasteiger partial charge in [0, 0.05) is 6.42 Å². The van der Waals surface area contributed by atoms with Gasteiger partial charge in [-0.1, -0.05) is 144 Å². The zero-order valence-corrected chi connectivity index (χ0v) is 38.0. The quantitative estimate of drug-likeness (QED) is 0.0124. The summed E-state index contributed by atoms with van der Waals surface area (Å²) in [6.07, 6.45) is 51.3. The van der Waals surface area contributed by atoms with Crippen LogP contribution in [0, 0.1) is 0 Å². The number of rotatable bonds is 39. The summed E-state index contributed by atoms with van der Waals surface area (Å²) in [5, 5.41) is 10.0. The highest BCUT2D eigenvalue weighted by Crippen LogP contribution is 2.38. The van der Waals surface area contributed by atoms with Crippen LogP contribution in [0.15, 0.2) is 97.4 Å². The standard InChI is InChI=1S/C48H82NO8P/c1-6-8-10-12-14-15-16-17-18-19-20-23-26-29-33-37-42-54-47(45-57-58(52,53)56-43-41-49(3,4)5)44-55-48(51)40-36-32-28-25-22-21-24-27-31-35-39-46(50)38-34-30-13-11-9-7-2/h9,11,17-18,21-22,27-28,30-32,34-35,37,39,42,46-47,50H,6-8,10,12-16,19-20,23-26,29,33,36,38,40-41,43-45H2,1-5H3/b11-9-,18-17-,22-21-,31-27-,32-28-,34-30-,39-35+,42-37+/t46?,47-/m1/s1. The molecular weight excluding hydrogens is 750 g/mol. The molecule has 0 aliphatic carbocycles. The molecule has 0 aliphatic rings. The van der Waals surface area contributed by atoms with Gasteiger partial charge in [-0.15, -0.1) is 0 Å². The van der Waals surface area contributed by atoms with Crippen LogP contribution in [-0.2, 0) is 27.9 Å². The number of unbranched alkanes of at least 4 members (excludes halogenated alkanes) is 11. The van der Waals surface area contributed by atoms with Crippen LogP contribution in [0.3, 0.4) is 0 Å². The maximum absolute atomic E-state index is 12.5. The number of likely N-dealkylation sites (N-methyl/N-ethyl adjacent to an activating group) is 1. The molecule has 0 saturated heterocycles. The first-order chi connectivity index (χ1) is 28.0. The van der Waals surface area contributed by atoms with E-state index in [0.29, 0.717) is 23.9 Å². The molecular formula is C48H82NO8P. The number of carbonyl (C=O) groups is 1. The third kappa shape index (κ3) is 42.8. The molecule has 0 aromatic rings. The van der Waals surface area contributed by atoms with Crippen molar-refractivity contribution in [2.24, 2.45) is 0 Å². The largest absolute Gasteiger partial charge is 0.756 e. The Bertz CT molecular complexity index is 1260. The van der Waals surface area contributed by atoms with Crippen LogP contribution < -0.4 is 4.89 Å². The highest BCUT2D eigenvalue weighted by Gasteiger charge is 2.19. The van der Waals surface area contributed by atoms with E-state index in [1.54, 1.807) is 12.3 Å². The van der Waals surface area contributed by atoms with Crippen LogP contribution in [0.4, 0.5) is 0 Å². The summed E-state index contributed by atoms with van der Waals surface area (Å²) in [6, 6.07) is 0. The molecule has 58 heavy (non-hydrogen) atoms. The number of phosphoric ester groups is 1. The monoisotopic (exact) mass is 832 g/mol. The molecule has 0 heterocycles. The Labute approximate surface area is 354 Å². The average Bonchev–Trinajstić information content (AvgIpc) is 3.17. The number of carbonyl (C=O) groups excluding carboxylic acids is 1. The van der Waals surface area contributed by atoms with Gasteiger partial charge in [-0.2, -0.15) is 0 Å². The zero-order valence-electron chi connectivity index (χ0n) is 37.1. The molecule has 2 unspecified atom stereocenters. The number of esters is 1. The Morgan fingerprint density at radius 2 is 1.24 bits per heavy atom. The van der Waals surface area contributed by atoms with Crippen molar-refractivity contribution in [1.29, 1.82) is 0 Å². The minimum absolute atomic E-state index is 0.000320. The van der Waals surface area contributed by atoms with E-state index in [2.05, 4.69) is 56.4 Å². The Morgan fingerprint density at radius 3 is 1.90 bits per heavy atom. The number of quaternary nitrogens is 1. The third-order valence-corrected chi connectivity index (χ3v) is 9.77. The van der Waals surface area contributed by atoms with Gasteiger partial charge in [0.25, 0.3) is 7.82 Å². The first-order valence-corrected chi connectivity index (χ1v) is 23.6. The van der Waals surface area contributed by atoms with Crippen LogP contribution in [0.5, 0.6) is 0 Å². The SMILES string of the molecule is CC/C=C\C/C=C\CC(O)/C=C/C=C\C/C=C\C/C=C\CCC(=O)OC[C@H](COP(=O)([O-])OCC[N+](C)(C)C)O/C=C/CCCCCC/C=C\CCCCCCCC. The topological polar surface area (TPSA) is 114 Å². The lowest BCUT2D eigenvalue weighted by atomic mass is 10.1. The molecule has 0 radical (unpaired) electrons. The number of phosphoric acid groups is 1. The molecule has 0 aromatic heterocycles. The Balaban J connectivity index is 4.50. The maximum atomic E-state index is 12.5. The molecule has 0 amide bonds. The molecule has 9 nitrogen and oxygen atoms in total. The average molecular weight is 832 g/mol. The highest BCUT2D eigenvalue weighted by molar-refractivity contribution is 7.45. The predicted octanol–water partition coefficient (Wildman–Crippen LogP) is 11.7. The summed E-state index contributed by atoms with van der Waals surface area (Å²) in [7, 11) is 1.27. The fourth-order valence-electron chi connectivity index (χ4n) is 5.28. The molecule has 0 fully saturated rings. The summed E-state index contributed by atoms with van der Waals surface area (Å²) < 4.78 is 34.2. The van der Waals surface area contributed by atoms with Crippen LogP contribution >= 0.6 is 7.82 Å². The Hall–Kier alpha value is -2.78. The Kier molecular flexibility index (Phi) is 37.8. The minimum Gasteiger partial charge on any atom is -0.756 e. The fraction of sp³-hybridized carbons (Fsp3) is 0.646. The lowest BCUT2D eigenvalue weighted by molar-refractivity contribution is -0.870. The van der Waals surface area contributed by atoms with Crippen molar-refractivity contribution in [3.8, 4) is 0 Å². The fourth-order valence-corrected chi connectivity index (χ4v) is 6.01. The summed E-state index contributed by atoms with van der Waals surface area (Å²) in [6.45, 7) is 4.38. The second kappa shape index (κ2) is 39.7. The number of ether oxygens (including phenoxy) is 2. The van der Waals surface area contributed by atoms with Crippen molar-refractivity contribution in [2.75, 3.05) is 47.5 Å². The predicted molar refractivity (Wildman–Crippen MR) is 241 cm³/mol. The number of hydrogen-bond acceptors (Lipinski definition) is 8. The number of aliphatic hydroxyl groups excluding tert-OH is 1. The molecule has 332 valence electrons. The van der Waals surface area contributed by atoms with Crippen molar-refractivity contribution in [2.45, 2.75) is 154 Å². The van der Waals surface area contributed by atoms with E-state index in [0.717, 1.165) is 51.4 Å². The van der Waals surface area contributed by atoms with Gasteiger partial charge in [0.15, 0.2) is 6.10 Å². The van der Waals surface area contributed by atoms with Gasteiger partial charge in [0.1, 0.15) is 19.8 Å². The van der Waals surface area contributed by atoms with Gasteiger partial charge in [-0.3, -0.25) is 9.36 Å². The summed E-state index contributed by atoms with van der Waals surface area (Å²) in [5.41, 5.74) is 0. The lowest BCUT2D eigenvalue weighted by Gasteiger charge is -2.28.